The van der Waals surface area contributed by atoms with Gasteiger partial charge < -0.3 is 15.6 Å². The SMILES string of the molecule is CCN(CCNC(=O)O)c1cc(C)cc[n+]1O. The zero-order valence-electron chi connectivity index (χ0n) is 10.1. The number of nitrogens with zero attached hydrogens (tertiary/aromatic N) is 2. The molecule has 0 fully saturated rings. The monoisotopic (exact) mass is 240 g/mol. The minimum absolute atomic E-state index is 0.317. The van der Waals surface area contributed by atoms with Crippen LogP contribution >= 0.6 is 0 Å². The molecule has 0 aliphatic heterocycles. The molecule has 0 radical (unpaired) electrons. The summed E-state index contributed by atoms with van der Waals surface area (Å²) < 4.78 is 1.04. The lowest BCUT2D eigenvalue weighted by molar-refractivity contribution is -0.894. The van der Waals surface area contributed by atoms with Crippen LogP contribution in [0.4, 0.5) is 10.6 Å². The van der Waals surface area contributed by atoms with Gasteiger partial charge in [-0.15, -0.1) is 0 Å². The Morgan fingerprint density at radius 1 is 1.59 bits per heavy atom. The van der Waals surface area contributed by atoms with Gasteiger partial charge in [-0.25, -0.2) is 4.79 Å². The molecule has 0 saturated carbocycles. The number of likely N-dealkylation sites (N-methyl/N-ethyl adjacent to an activating group) is 1. The number of hydrogen-bond donors (Lipinski definition) is 3. The quantitative estimate of drug-likeness (QED) is 0.520. The van der Waals surface area contributed by atoms with E-state index in [4.69, 9.17) is 5.11 Å². The van der Waals surface area contributed by atoms with Crippen LogP contribution in [-0.4, -0.2) is 36.0 Å². The van der Waals surface area contributed by atoms with Crippen molar-refractivity contribution < 1.29 is 19.8 Å². The van der Waals surface area contributed by atoms with Crippen molar-refractivity contribution in [1.82, 2.24) is 5.32 Å². The molecule has 6 nitrogen and oxygen atoms in total. The molecule has 1 amide bonds. The number of aromatic nitrogens is 1. The molecule has 0 aromatic carbocycles. The van der Waals surface area contributed by atoms with Gasteiger partial charge in [-0.05, 0) is 25.5 Å². The third-order valence-corrected chi connectivity index (χ3v) is 2.43. The fourth-order valence-corrected chi connectivity index (χ4v) is 1.55. The van der Waals surface area contributed by atoms with E-state index in [2.05, 4.69) is 5.32 Å². The zero-order chi connectivity index (χ0) is 12.8. The molecule has 1 rings (SSSR count). The average Bonchev–Trinajstić information content (AvgIpc) is 2.28. The summed E-state index contributed by atoms with van der Waals surface area (Å²) >= 11 is 0. The van der Waals surface area contributed by atoms with E-state index in [1.165, 1.54) is 0 Å². The van der Waals surface area contributed by atoms with Gasteiger partial charge in [-0.3, -0.25) is 4.90 Å². The Morgan fingerprint density at radius 3 is 2.88 bits per heavy atom. The fourth-order valence-electron chi connectivity index (χ4n) is 1.55. The summed E-state index contributed by atoms with van der Waals surface area (Å²) in [5.41, 5.74) is 1.04. The molecule has 0 atom stereocenters. The molecule has 0 aliphatic rings. The second kappa shape index (κ2) is 5.93. The highest BCUT2D eigenvalue weighted by Crippen LogP contribution is 2.08. The first-order chi connectivity index (χ1) is 8.04. The van der Waals surface area contributed by atoms with Crippen LogP contribution in [-0.2, 0) is 0 Å². The molecule has 94 valence electrons. The van der Waals surface area contributed by atoms with E-state index in [9.17, 15) is 10.0 Å². The summed E-state index contributed by atoms with van der Waals surface area (Å²) in [5, 5.41) is 20.5. The lowest BCUT2D eigenvalue weighted by Gasteiger charge is -2.15. The Kier molecular flexibility index (Phi) is 4.56. The number of aryl methyl sites for hydroxylation is 1. The third kappa shape index (κ3) is 3.82. The van der Waals surface area contributed by atoms with E-state index in [0.717, 1.165) is 10.3 Å². The third-order valence-electron chi connectivity index (χ3n) is 2.43. The Morgan fingerprint density at radius 2 is 2.29 bits per heavy atom. The summed E-state index contributed by atoms with van der Waals surface area (Å²) in [6, 6.07) is 3.65. The largest absolute Gasteiger partial charge is 0.465 e. The van der Waals surface area contributed by atoms with Crippen molar-refractivity contribution in [3.05, 3.63) is 23.9 Å². The van der Waals surface area contributed by atoms with Crippen LogP contribution in [0, 0.1) is 6.92 Å². The molecule has 6 heteroatoms. The van der Waals surface area contributed by atoms with Crippen LogP contribution in [0.15, 0.2) is 18.3 Å². The molecular weight excluding hydrogens is 222 g/mol. The molecule has 0 bridgehead atoms. The van der Waals surface area contributed by atoms with Gasteiger partial charge in [0.25, 0.3) is 0 Å². The van der Waals surface area contributed by atoms with Crippen LogP contribution in [0.25, 0.3) is 0 Å². The van der Waals surface area contributed by atoms with Gasteiger partial charge in [0.05, 0.1) is 13.1 Å². The highest BCUT2D eigenvalue weighted by molar-refractivity contribution is 5.64. The first kappa shape index (κ1) is 13.1. The van der Waals surface area contributed by atoms with Gasteiger partial charge in [0, 0.05) is 6.07 Å². The van der Waals surface area contributed by atoms with Crippen molar-refractivity contribution in [2.75, 3.05) is 24.5 Å². The van der Waals surface area contributed by atoms with Gasteiger partial charge in [0.1, 0.15) is 12.7 Å². The van der Waals surface area contributed by atoms with Gasteiger partial charge in [-0.1, -0.05) is 4.73 Å². The molecular formula is C11H18N3O3+. The maximum atomic E-state index is 10.3. The fraction of sp³-hybridized carbons (Fsp3) is 0.455. The summed E-state index contributed by atoms with van der Waals surface area (Å²) in [5.74, 6) is 0.652. The van der Waals surface area contributed by atoms with Crippen LogP contribution in [0.2, 0.25) is 0 Å². The number of carbonyl (C=O) groups is 1. The number of hydrogen-bond acceptors (Lipinski definition) is 3. The van der Waals surface area contributed by atoms with Crippen molar-refractivity contribution in [3.63, 3.8) is 0 Å². The standard InChI is InChI=1S/C11H17N3O3/c1-3-13(7-5-12-11(15)16)10-8-9(2)4-6-14(10)17/h4,6,8,12H,3,5,7H2,1-2H3,(H-,15,16,17)/p+1. The molecule has 0 saturated heterocycles. The molecule has 0 spiro atoms. The summed E-state index contributed by atoms with van der Waals surface area (Å²) in [6.45, 7) is 5.39. The van der Waals surface area contributed by atoms with Crippen LogP contribution < -0.4 is 14.9 Å². The van der Waals surface area contributed by atoms with Crippen molar-refractivity contribution >= 4 is 11.9 Å². The highest BCUT2D eigenvalue weighted by atomic mass is 16.5. The molecule has 1 aromatic heterocycles. The van der Waals surface area contributed by atoms with Crippen molar-refractivity contribution in [2.45, 2.75) is 13.8 Å². The molecule has 0 aliphatic carbocycles. The van der Waals surface area contributed by atoms with E-state index in [1.807, 2.05) is 24.8 Å². The Hall–Kier alpha value is -1.98. The number of anilines is 1. The Labute approximate surface area is 100 Å². The number of nitrogens with one attached hydrogen (secondary N) is 1. The van der Waals surface area contributed by atoms with Crippen LogP contribution in [0.3, 0.4) is 0 Å². The van der Waals surface area contributed by atoms with Crippen molar-refractivity contribution in [1.29, 1.82) is 0 Å². The van der Waals surface area contributed by atoms with Gasteiger partial charge >= 0.3 is 11.9 Å². The smallest absolute Gasteiger partial charge is 0.404 e. The number of amides is 1. The molecule has 1 aromatic rings. The molecule has 1 heterocycles. The van der Waals surface area contributed by atoms with E-state index in [-0.39, 0.29) is 0 Å². The second-order valence-electron chi connectivity index (χ2n) is 3.72. The van der Waals surface area contributed by atoms with Crippen molar-refractivity contribution in [3.8, 4) is 0 Å². The Bertz CT molecular complexity index is 396. The van der Waals surface area contributed by atoms with Crippen LogP contribution in [0.1, 0.15) is 12.5 Å². The zero-order valence-corrected chi connectivity index (χ0v) is 10.1. The first-order valence-electron chi connectivity index (χ1n) is 5.48. The normalized spacial score (nSPS) is 10.0. The highest BCUT2D eigenvalue weighted by Gasteiger charge is 2.17. The minimum atomic E-state index is -1.04. The molecule has 17 heavy (non-hydrogen) atoms. The minimum Gasteiger partial charge on any atom is -0.465 e. The van der Waals surface area contributed by atoms with Crippen LogP contribution in [0.5, 0.6) is 0 Å². The van der Waals surface area contributed by atoms with E-state index >= 15 is 0 Å². The number of rotatable bonds is 5. The first-order valence-corrected chi connectivity index (χ1v) is 5.48. The van der Waals surface area contributed by atoms with Crippen molar-refractivity contribution in [2.24, 2.45) is 0 Å². The van der Waals surface area contributed by atoms with Gasteiger partial charge in [-0.2, -0.15) is 0 Å². The average molecular weight is 240 g/mol. The predicted molar refractivity (Wildman–Crippen MR) is 62.5 cm³/mol. The second-order valence-corrected chi connectivity index (χ2v) is 3.72. The maximum absolute atomic E-state index is 10.3. The lowest BCUT2D eigenvalue weighted by atomic mass is 10.3. The topological polar surface area (TPSA) is 76.7 Å². The molecule has 3 N–H and O–H groups in total. The van der Waals surface area contributed by atoms with Gasteiger partial charge in [0.15, 0.2) is 0 Å². The maximum Gasteiger partial charge on any atom is 0.404 e. The predicted octanol–water partition coefficient (Wildman–Crippen LogP) is 0.614. The molecule has 0 unspecified atom stereocenters. The number of pyridine rings is 1. The summed E-state index contributed by atoms with van der Waals surface area (Å²) in [7, 11) is 0. The van der Waals surface area contributed by atoms with E-state index < -0.39 is 6.09 Å². The number of carboxylic acid groups (broad SMARTS) is 1. The summed E-state index contributed by atoms with van der Waals surface area (Å²) in [6.07, 6.45) is 0.528. The summed E-state index contributed by atoms with van der Waals surface area (Å²) in [4.78, 5) is 12.2. The van der Waals surface area contributed by atoms with E-state index in [0.29, 0.717) is 25.5 Å². The van der Waals surface area contributed by atoms with E-state index in [1.54, 1.807) is 12.3 Å². The van der Waals surface area contributed by atoms with Gasteiger partial charge in [0.2, 0.25) is 0 Å². The lowest BCUT2D eigenvalue weighted by Crippen LogP contribution is -2.43. The Balaban J connectivity index is 2.72.